The first kappa shape index (κ1) is 19.9. The van der Waals surface area contributed by atoms with Crippen LogP contribution < -0.4 is 14.8 Å². The zero-order valence-electron chi connectivity index (χ0n) is 17.7. The summed E-state index contributed by atoms with van der Waals surface area (Å²) >= 11 is 1.57. The number of imidazole rings is 1. The Bertz CT molecular complexity index is 1380. The molecule has 0 atom stereocenters. The van der Waals surface area contributed by atoms with Crippen LogP contribution in [0.5, 0.6) is 11.5 Å². The molecule has 0 aliphatic carbocycles. The van der Waals surface area contributed by atoms with E-state index in [1.807, 2.05) is 34.9 Å². The van der Waals surface area contributed by atoms with Crippen molar-refractivity contribution in [3.05, 3.63) is 54.4 Å². The van der Waals surface area contributed by atoms with Gasteiger partial charge in [-0.3, -0.25) is 9.20 Å². The van der Waals surface area contributed by atoms with Gasteiger partial charge in [0.15, 0.2) is 16.5 Å². The van der Waals surface area contributed by atoms with Gasteiger partial charge in [-0.05, 0) is 30.7 Å². The molecule has 2 aliphatic rings. The third-order valence-corrected chi connectivity index (χ3v) is 6.95. The van der Waals surface area contributed by atoms with Gasteiger partial charge in [0.1, 0.15) is 5.69 Å². The molecule has 4 heterocycles. The number of carbonyl (C=O) groups excluding carboxylic acids is 2. The number of hydrogen-bond acceptors (Lipinski definition) is 6. The second-order valence-corrected chi connectivity index (χ2v) is 8.99. The number of hydrogen-bond donors (Lipinski definition) is 1. The molecule has 10 heteroatoms. The number of para-hydroxylation sites is 1. The lowest BCUT2D eigenvalue weighted by atomic mass is 10.3. The molecule has 33 heavy (non-hydrogen) atoms. The molecule has 2 aromatic carbocycles. The second-order valence-electron chi connectivity index (χ2n) is 7.98. The van der Waals surface area contributed by atoms with Crippen molar-refractivity contribution in [1.29, 1.82) is 0 Å². The molecular formula is C23H21N5O4S. The monoisotopic (exact) mass is 463 g/mol. The van der Waals surface area contributed by atoms with E-state index in [-0.39, 0.29) is 18.7 Å². The lowest BCUT2D eigenvalue weighted by Crippen LogP contribution is -2.39. The number of aromatic nitrogens is 2. The van der Waals surface area contributed by atoms with Crippen molar-refractivity contribution in [2.45, 2.75) is 6.42 Å². The third-order valence-electron chi connectivity index (χ3n) is 5.91. The average molecular weight is 464 g/mol. The molecule has 6 rings (SSSR count). The largest absolute Gasteiger partial charge is 0.454 e. The lowest BCUT2D eigenvalue weighted by molar-refractivity contribution is 0.0757. The number of carbonyl (C=O) groups is 2. The van der Waals surface area contributed by atoms with E-state index in [0.717, 1.165) is 15.2 Å². The molecule has 0 bridgehead atoms. The maximum atomic E-state index is 13.1. The Morgan fingerprint density at radius 3 is 2.73 bits per heavy atom. The number of nitrogens with one attached hydrogen (secondary N) is 1. The van der Waals surface area contributed by atoms with Gasteiger partial charge in [-0.2, -0.15) is 0 Å². The normalized spacial score (nSPS) is 15.8. The van der Waals surface area contributed by atoms with E-state index in [0.29, 0.717) is 55.5 Å². The first-order valence-corrected chi connectivity index (χ1v) is 11.6. The molecule has 0 unspecified atom stereocenters. The minimum Gasteiger partial charge on any atom is -0.454 e. The maximum Gasteiger partial charge on any atom is 0.321 e. The predicted molar refractivity (Wildman–Crippen MR) is 124 cm³/mol. The summed E-state index contributed by atoms with van der Waals surface area (Å²) in [5.41, 5.74) is 2.13. The molecule has 1 fully saturated rings. The number of anilines is 1. The zero-order valence-corrected chi connectivity index (χ0v) is 18.5. The van der Waals surface area contributed by atoms with Gasteiger partial charge < -0.3 is 24.6 Å². The minimum atomic E-state index is -0.197. The maximum absolute atomic E-state index is 13.1. The Balaban J connectivity index is 1.12. The lowest BCUT2D eigenvalue weighted by Gasteiger charge is -2.22. The fraction of sp³-hybridized carbons (Fsp3) is 0.261. The highest BCUT2D eigenvalue weighted by Crippen LogP contribution is 2.34. The molecular weight excluding hydrogens is 442 g/mol. The summed E-state index contributed by atoms with van der Waals surface area (Å²) < 4.78 is 13.8. The van der Waals surface area contributed by atoms with Crippen LogP contribution in [0.3, 0.4) is 0 Å². The molecule has 4 aromatic rings. The number of amides is 3. The number of urea groups is 1. The first-order valence-electron chi connectivity index (χ1n) is 10.8. The number of thiazole rings is 1. The van der Waals surface area contributed by atoms with Crippen LogP contribution in [0.1, 0.15) is 16.9 Å². The zero-order chi connectivity index (χ0) is 22.4. The van der Waals surface area contributed by atoms with E-state index in [2.05, 4.69) is 10.3 Å². The highest BCUT2D eigenvalue weighted by molar-refractivity contribution is 7.23. The topological polar surface area (TPSA) is 88.4 Å². The van der Waals surface area contributed by atoms with Crippen LogP contribution in [0.2, 0.25) is 0 Å². The van der Waals surface area contributed by atoms with Gasteiger partial charge in [-0.25, -0.2) is 9.78 Å². The molecule has 9 nitrogen and oxygen atoms in total. The number of rotatable bonds is 2. The summed E-state index contributed by atoms with van der Waals surface area (Å²) in [7, 11) is 0. The van der Waals surface area contributed by atoms with Crippen LogP contribution >= 0.6 is 11.3 Å². The van der Waals surface area contributed by atoms with Crippen molar-refractivity contribution in [1.82, 2.24) is 19.2 Å². The summed E-state index contributed by atoms with van der Waals surface area (Å²) in [6.45, 7) is 2.25. The summed E-state index contributed by atoms with van der Waals surface area (Å²) in [4.78, 5) is 34.8. The third kappa shape index (κ3) is 3.62. The highest BCUT2D eigenvalue weighted by atomic mass is 32.1. The van der Waals surface area contributed by atoms with Crippen molar-refractivity contribution in [2.75, 3.05) is 38.3 Å². The Morgan fingerprint density at radius 1 is 0.970 bits per heavy atom. The molecule has 0 radical (unpaired) electrons. The van der Waals surface area contributed by atoms with E-state index < -0.39 is 0 Å². The molecule has 168 valence electrons. The van der Waals surface area contributed by atoms with Crippen LogP contribution in [0, 0.1) is 0 Å². The number of fused-ring (bicyclic) bond motifs is 4. The van der Waals surface area contributed by atoms with Crippen LogP contribution in [0.4, 0.5) is 10.5 Å². The van der Waals surface area contributed by atoms with E-state index in [9.17, 15) is 9.59 Å². The minimum absolute atomic E-state index is 0.104. The summed E-state index contributed by atoms with van der Waals surface area (Å²) in [6.07, 6.45) is 2.51. The van der Waals surface area contributed by atoms with Crippen molar-refractivity contribution in [3.63, 3.8) is 0 Å². The average Bonchev–Trinajstić information content (AvgIpc) is 3.48. The standard InChI is InChI=1S/C23H21N5O4S/c29-21(16-13-28-17-4-1-2-5-20(17)33-23(28)25-16)26-8-3-9-27(11-10-26)22(30)24-15-6-7-18-19(12-15)32-14-31-18/h1-2,4-7,12-13H,3,8-11,14H2,(H,24,30). The smallest absolute Gasteiger partial charge is 0.321 e. The van der Waals surface area contributed by atoms with Gasteiger partial charge >= 0.3 is 6.03 Å². The van der Waals surface area contributed by atoms with Crippen LogP contribution in [0.15, 0.2) is 48.7 Å². The molecule has 3 amide bonds. The van der Waals surface area contributed by atoms with E-state index in [1.165, 1.54) is 0 Å². The fourth-order valence-electron chi connectivity index (χ4n) is 4.21. The van der Waals surface area contributed by atoms with Crippen molar-refractivity contribution in [2.24, 2.45) is 0 Å². The van der Waals surface area contributed by atoms with Crippen LogP contribution in [0.25, 0.3) is 15.2 Å². The number of nitrogens with zero attached hydrogens (tertiary/aromatic N) is 4. The van der Waals surface area contributed by atoms with Crippen LogP contribution in [-0.2, 0) is 0 Å². The van der Waals surface area contributed by atoms with Crippen LogP contribution in [-0.4, -0.2) is 64.1 Å². The van der Waals surface area contributed by atoms with Crippen molar-refractivity contribution < 1.29 is 19.1 Å². The molecule has 0 saturated carbocycles. The fourth-order valence-corrected chi connectivity index (χ4v) is 5.22. The van der Waals surface area contributed by atoms with Crippen molar-refractivity contribution >= 4 is 44.1 Å². The van der Waals surface area contributed by atoms with E-state index in [1.54, 1.807) is 39.3 Å². The molecule has 2 aliphatic heterocycles. The second kappa shape index (κ2) is 7.96. The summed E-state index contributed by atoms with van der Waals surface area (Å²) in [6, 6.07) is 13.2. The Labute approximate surface area is 193 Å². The quantitative estimate of drug-likeness (QED) is 0.490. The summed E-state index contributed by atoms with van der Waals surface area (Å²) in [5.74, 6) is 1.19. The van der Waals surface area contributed by atoms with Gasteiger partial charge in [-0.1, -0.05) is 23.5 Å². The van der Waals surface area contributed by atoms with Gasteiger partial charge in [0, 0.05) is 44.1 Å². The SMILES string of the molecule is O=C(Nc1ccc2c(c1)OCO2)N1CCCN(C(=O)c2cn3c(n2)sc2ccccc23)CC1. The molecule has 1 N–H and O–H groups in total. The van der Waals surface area contributed by atoms with Gasteiger partial charge in [-0.15, -0.1) is 0 Å². The first-order chi connectivity index (χ1) is 16.2. The molecule has 2 aromatic heterocycles. The predicted octanol–water partition coefficient (Wildman–Crippen LogP) is 3.66. The number of ether oxygens (including phenoxy) is 2. The highest BCUT2D eigenvalue weighted by Gasteiger charge is 2.25. The molecule has 0 spiro atoms. The van der Waals surface area contributed by atoms with Gasteiger partial charge in [0.25, 0.3) is 5.91 Å². The van der Waals surface area contributed by atoms with E-state index in [4.69, 9.17) is 9.47 Å². The molecule has 1 saturated heterocycles. The Hall–Kier alpha value is -3.79. The Morgan fingerprint density at radius 2 is 1.79 bits per heavy atom. The van der Waals surface area contributed by atoms with E-state index >= 15 is 0 Å². The Kier molecular flexibility index (Phi) is 4.79. The van der Waals surface area contributed by atoms with Crippen molar-refractivity contribution in [3.8, 4) is 11.5 Å². The number of benzene rings is 2. The van der Waals surface area contributed by atoms with Gasteiger partial charge in [0.05, 0.1) is 10.2 Å². The van der Waals surface area contributed by atoms with Gasteiger partial charge in [0.2, 0.25) is 6.79 Å². The summed E-state index contributed by atoms with van der Waals surface area (Å²) in [5, 5.41) is 2.91.